The van der Waals surface area contributed by atoms with E-state index in [1.54, 1.807) is 12.5 Å². The first-order valence-corrected chi connectivity index (χ1v) is 7.65. The highest BCUT2D eigenvalue weighted by molar-refractivity contribution is 7.89. The molecule has 4 nitrogen and oxygen atoms in total. The van der Waals surface area contributed by atoms with Gasteiger partial charge in [-0.25, -0.2) is 13.6 Å². The van der Waals surface area contributed by atoms with Gasteiger partial charge in [-0.1, -0.05) is 12.1 Å². The molecule has 6 heteroatoms. The highest BCUT2D eigenvalue weighted by Crippen LogP contribution is 2.25. The van der Waals surface area contributed by atoms with Crippen LogP contribution >= 0.6 is 11.3 Å². The van der Waals surface area contributed by atoms with Crippen LogP contribution in [0.25, 0.3) is 0 Å². The summed E-state index contributed by atoms with van der Waals surface area (Å²) in [4.78, 5) is 0.945. The zero-order valence-corrected chi connectivity index (χ0v) is 11.4. The maximum absolute atomic E-state index is 11.4. The number of ether oxygens (including phenoxy) is 1. The zero-order chi connectivity index (χ0) is 13.2. The van der Waals surface area contributed by atoms with Gasteiger partial charge in [0, 0.05) is 11.3 Å². The first-order valence-electron chi connectivity index (χ1n) is 5.23. The summed E-state index contributed by atoms with van der Waals surface area (Å²) in [5, 5.41) is 6.90. The summed E-state index contributed by atoms with van der Waals surface area (Å²) >= 11 is 1.38. The van der Waals surface area contributed by atoms with Crippen LogP contribution in [0, 0.1) is 0 Å². The van der Waals surface area contributed by atoms with Gasteiger partial charge in [-0.15, -0.1) is 11.3 Å². The Morgan fingerprint density at radius 2 is 2.11 bits per heavy atom. The van der Waals surface area contributed by atoms with Crippen LogP contribution in [0.2, 0.25) is 0 Å². The van der Waals surface area contributed by atoms with Crippen LogP contribution in [-0.2, 0) is 16.4 Å². The molecule has 0 aliphatic carbocycles. The maximum atomic E-state index is 11.4. The molecule has 0 saturated carbocycles. The molecule has 0 fully saturated rings. The van der Waals surface area contributed by atoms with Crippen molar-refractivity contribution in [2.75, 3.05) is 7.11 Å². The quantitative estimate of drug-likeness (QED) is 0.933. The monoisotopic (exact) mass is 283 g/mol. The summed E-state index contributed by atoms with van der Waals surface area (Å²) in [7, 11) is -2.05. The van der Waals surface area contributed by atoms with Gasteiger partial charge < -0.3 is 4.74 Å². The largest absolute Gasteiger partial charge is 0.497 e. The van der Waals surface area contributed by atoms with Crippen molar-refractivity contribution in [2.45, 2.75) is 11.3 Å². The molecular weight excluding hydrogens is 270 g/mol. The molecule has 1 aromatic carbocycles. The smallest absolute Gasteiger partial charge is 0.239 e. The minimum atomic E-state index is -3.65. The number of methoxy groups -OCH3 is 1. The van der Waals surface area contributed by atoms with E-state index in [4.69, 9.17) is 9.88 Å². The van der Waals surface area contributed by atoms with E-state index in [1.807, 2.05) is 24.3 Å². The Morgan fingerprint density at radius 1 is 1.33 bits per heavy atom. The SMILES string of the molecule is COc1cccc(Cc2sccc2S(N)(=O)=O)c1. The van der Waals surface area contributed by atoms with E-state index in [0.29, 0.717) is 6.42 Å². The van der Waals surface area contributed by atoms with Crippen molar-refractivity contribution in [3.8, 4) is 5.75 Å². The molecule has 0 unspecified atom stereocenters. The lowest BCUT2D eigenvalue weighted by Crippen LogP contribution is -2.13. The van der Waals surface area contributed by atoms with Gasteiger partial charge in [-0.3, -0.25) is 0 Å². The van der Waals surface area contributed by atoms with Crippen LogP contribution in [0.4, 0.5) is 0 Å². The Labute approximate surface area is 110 Å². The number of rotatable bonds is 4. The molecule has 0 bridgehead atoms. The Kier molecular flexibility index (Phi) is 3.70. The Bertz CT molecular complexity index is 647. The lowest BCUT2D eigenvalue weighted by Gasteiger charge is -2.04. The van der Waals surface area contributed by atoms with Crippen LogP contribution < -0.4 is 9.88 Å². The number of primary sulfonamides is 1. The summed E-state index contributed by atoms with van der Waals surface area (Å²) in [5.74, 6) is 0.751. The van der Waals surface area contributed by atoms with Crippen molar-refractivity contribution >= 4 is 21.4 Å². The Hall–Kier alpha value is -1.37. The second-order valence-electron chi connectivity index (χ2n) is 3.78. The topological polar surface area (TPSA) is 69.4 Å². The first kappa shape index (κ1) is 13.1. The highest BCUT2D eigenvalue weighted by atomic mass is 32.2. The molecule has 0 amide bonds. The molecule has 0 radical (unpaired) electrons. The minimum absolute atomic E-state index is 0.204. The van der Waals surface area contributed by atoms with E-state index in [-0.39, 0.29) is 4.90 Å². The second kappa shape index (κ2) is 5.09. The summed E-state index contributed by atoms with van der Waals surface area (Å²) in [5.41, 5.74) is 0.988. The third-order valence-corrected chi connectivity index (χ3v) is 4.56. The van der Waals surface area contributed by atoms with Crippen LogP contribution in [0.15, 0.2) is 40.6 Å². The van der Waals surface area contributed by atoms with Crippen LogP contribution in [-0.4, -0.2) is 15.5 Å². The van der Waals surface area contributed by atoms with E-state index < -0.39 is 10.0 Å². The van der Waals surface area contributed by atoms with Gasteiger partial charge in [0.2, 0.25) is 10.0 Å². The lowest BCUT2D eigenvalue weighted by molar-refractivity contribution is 0.414. The molecular formula is C12H13NO3S2. The Balaban J connectivity index is 2.32. The van der Waals surface area contributed by atoms with Crippen molar-refractivity contribution in [2.24, 2.45) is 5.14 Å². The second-order valence-corrected chi connectivity index (χ2v) is 6.31. The van der Waals surface area contributed by atoms with Gasteiger partial charge >= 0.3 is 0 Å². The number of hydrogen-bond donors (Lipinski definition) is 1. The van der Waals surface area contributed by atoms with Crippen molar-refractivity contribution < 1.29 is 13.2 Å². The highest BCUT2D eigenvalue weighted by Gasteiger charge is 2.15. The molecule has 0 spiro atoms. The van der Waals surface area contributed by atoms with E-state index in [2.05, 4.69) is 0 Å². The molecule has 2 rings (SSSR count). The van der Waals surface area contributed by atoms with E-state index in [0.717, 1.165) is 16.2 Å². The predicted octanol–water partition coefficient (Wildman–Crippen LogP) is 1.99. The van der Waals surface area contributed by atoms with Gasteiger partial charge in [-0.05, 0) is 29.1 Å². The maximum Gasteiger partial charge on any atom is 0.239 e. The lowest BCUT2D eigenvalue weighted by atomic mass is 10.1. The molecule has 2 N–H and O–H groups in total. The summed E-state index contributed by atoms with van der Waals surface area (Å²) in [6.45, 7) is 0. The van der Waals surface area contributed by atoms with Crippen LogP contribution in [0.3, 0.4) is 0 Å². The number of thiophene rings is 1. The van der Waals surface area contributed by atoms with Gasteiger partial charge in [0.25, 0.3) is 0 Å². The number of hydrogen-bond acceptors (Lipinski definition) is 4. The first-order chi connectivity index (χ1) is 8.50. The molecule has 18 heavy (non-hydrogen) atoms. The fraction of sp³-hybridized carbons (Fsp3) is 0.167. The number of benzene rings is 1. The average molecular weight is 283 g/mol. The van der Waals surface area contributed by atoms with E-state index in [1.165, 1.54) is 17.4 Å². The van der Waals surface area contributed by atoms with Crippen LogP contribution in [0.5, 0.6) is 5.75 Å². The molecule has 0 aliphatic heterocycles. The average Bonchev–Trinajstić information content (AvgIpc) is 2.77. The normalized spacial score (nSPS) is 11.4. The fourth-order valence-corrected chi connectivity index (χ4v) is 3.71. The summed E-state index contributed by atoms with van der Waals surface area (Å²) in [6.07, 6.45) is 0.528. The molecule has 0 atom stereocenters. The predicted molar refractivity (Wildman–Crippen MR) is 71.5 cm³/mol. The van der Waals surface area contributed by atoms with E-state index in [9.17, 15) is 8.42 Å². The molecule has 1 aromatic heterocycles. The zero-order valence-electron chi connectivity index (χ0n) is 9.79. The molecule has 1 heterocycles. The van der Waals surface area contributed by atoms with Gasteiger partial charge in [-0.2, -0.15) is 0 Å². The van der Waals surface area contributed by atoms with Crippen molar-refractivity contribution in [3.05, 3.63) is 46.2 Å². The molecule has 0 aliphatic rings. The molecule has 96 valence electrons. The standard InChI is InChI=1S/C12H13NO3S2/c1-16-10-4-2-3-9(7-10)8-11-12(5-6-17-11)18(13,14)15/h2-7H,8H2,1H3,(H2,13,14,15). The fourth-order valence-electron chi connectivity index (χ4n) is 1.68. The number of nitrogens with two attached hydrogens (primary N) is 1. The summed E-state index contributed by atoms with van der Waals surface area (Å²) in [6, 6.07) is 9.06. The van der Waals surface area contributed by atoms with E-state index >= 15 is 0 Å². The molecule has 0 saturated heterocycles. The van der Waals surface area contributed by atoms with Crippen molar-refractivity contribution in [3.63, 3.8) is 0 Å². The Morgan fingerprint density at radius 3 is 2.78 bits per heavy atom. The van der Waals surface area contributed by atoms with Gasteiger partial charge in [0.05, 0.1) is 12.0 Å². The molecule has 2 aromatic rings. The van der Waals surface area contributed by atoms with Crippen molar-refractivity contribution in [1.29, 1.82) is 0 Å². The van der Waals surface area contributed by atoms with Gasteiger partial charge in [0.1, 0.15) is 5.75 Å². The third kappa shape index (κ3) is 2.90. The minimum Gasteiger partial charge on any atom is -0.497 e. The van der Waals surface area contributed by atoms with Crippen LogP contribution in [0.1, 0.15) is 10.4 Å². The van der Waals surface area contributed by atoms with Crippen molar-refractivity contribution in [1.82, 2.24) is 0 Å². The third-order valence-electron chi connectivity index (χ3n) is 2.51. The van der Waals surface area contributed by atoms with Gasteiger partial charge in [0.15, 0.2) is 0 Å². The number of sulfonamides is 1. The summed E-state index contributed by atoms with van der Waals surface area (Å²) < 4.78 is 27.9.